The molecule has 0 fully saturated rings. The van der Waals surface area contributed by atoms with Crippen LogP contribution in [0.25, 0.3) is 0 Å². The van der Waals surface area contributed by atoms with Gasteiger partial charge in [0.1, 0.15) is 0 Å². The first-order chi connectivity index (χ1) is 16.7. The average molecular weight is 701 g/mol. The molecular formula is C29H38AuF3N2O2. The van der Waals surface area contributed by atoms with Crippen molar-refractivity contribution in [2.75, 3.05) is 9.80 Å². The van der Waals surface area contributed by atoms with Crippen molar-refractivity contribution in [3.05, 3.63) is 77.7 Å². The Hall–Kier alpha value is -2.22. The Balaban J connectivity index is 0.000000754. The number of benzene rings is 2. The van der Waals surface area contributed by atoms with Gasteiger partial charge in [0.2, 0.25) is 0 Å². The molecule has 0 spiro atoms. The summed E-state index contributed by atoms with van der Waals surface area (Å²) in [5.41, 5.74) is 8.29. The van der Waals surface area contributed by atoms with Crippen LogP contribution in [0.5, 0.6) is 0 Å². The molecule has 2 aromatic carbocycles. The van der Waals surface area contributed by atoms with Crippen LogP contribution in [0.2, 0.25) is 0 Å². The van der Waals surface area contributed by atoms with Crippen LogP contribution in [-0.4, -0.2) is 17.3 Å². The Morgan fingerprint density at radius 2 is 0.946 bits per heavy atom. The van der Waals surface area contributed by atoms with Gasteiger partial charge in [-0.15, -0.1) is 6.67 Å². The summed E-state index contributed by atoms with van der Waals surface area (Å²) in [5.74, 6) is -0.836. The number of carboxylic acid groups (broad SMARTS) is 1. The molecule has 37 heavy (non-hydrogen) atoms. The smallest absolute Gasteiger partial charge is 0.479 e. The first kappa shape index (κ1) is 32.8. The third-order valence-corrected chi connectivity index (χ3v) is 6.08. The molecule has 0 aromatic heterocycles. The second-order valence-electron chi connectivity index (χ2n) is 10.2. The van der Waals surface area contributed by atoms with Crippen LogP contribution >= 0.6 is 0 Å². The van der Waals surface area contributed by atoms with E-state index in [0.717, 1.165) is 0 Å². The zero-order valence-electron chi connectivity index (χ0n) is 22.7. The van der Waals surface area contributed by atoms with Crippen molar-refractivity contribution in [3.8, 4) is 0 Å². The molecular weight excluding hydrogens is 662 g/mol. The summed E-state index contributed by atoms with van der Waals surface area (Å²) in [6.45, 7) is 20.5. The van der Waals surface area contributed by atoms with Gasteiger partial charge in [-0.3, -0.25) is 0 Å². The Labute approximate surface area is 235 Å². The van der Waals surface area contributed by atoms with Gasteiger partial charge in [-0.1, -0.05) is 91.8 Å². The van der Waals surface area contributed by atoms with E-state index in [1.54, 1.807) is 0 Å². The van der Waals surface area contributed by atoms with E-state index in [2.05, 4.69) is 121 Å². The summed E-state index contributed by atoms with van der Waals surface area (Å²) in [6.07, 6.45) is -0.650. The number of hydrogen-bond acceptors (Lipinski definition) is 3. The Morgan fingerprint density at radius 1 is 0.703 bits per heavy atom. The molecule has 0 radical (unpaired) electrons. The largest absolute Gasteiger partial charge is 1.00 e. The van der Waals surface area contributed by atoms with Crippen molar-refractivity contribution < 1.29 is 45.5 Å². The number of carboxylic acids is 1. The predicted octanol–water partition coefficient (Wildman–Crippen LogP) is 8.73. The molecule has 0 bridgehead atoms. The fourth-order valence-electron chi connectivity index (χ4n) is 4.24. The zero-order valence-corrected chi connectivity index (χ0v) is 24.9. The quantitative estimate of drug-likeness (QED) is 0.242. The van der Waals surface area contributed by atoms with Crippen LogP contribution in [0.1, 0.15) is 101 Å². The number of para-hydroxylation sites is 2. The Bertz CT molecular complexity index is 955. The minimum absolute atomic E-state index is 0. The van der Waals surface area contributed by atoms with Gasteiger partial charge in [0.15, 0.2) is 0 Å². The number of carbonyl (C=O) groups is 1. The summed E-state index contributed by atoms with van der Waals surface area (Å²) in [6, 6.07) is 13.5. The molecule has 1 aliphatic rings. The summed E-state index contributed by atoms with van der Waals surface area (Å²) >= 11 is 0. The molecule has 2 aromatic rings. The van der Waals surface area contributed by atoms with E-state index in [-0.39, 0.29) is 22.4 Å². The maximum absolute atomic E-state index is 10.6. The van der Waals surface area contributed by atoms with Crippen LogP contribution < -0.4 is 9.80 Å². The molecule has 1 N–H and O–H groups in total. The second kappa shape index (κ2) is 13.5. The summed E-state index contributed by atoms with van der Waals surface area (Å²) in [7, 11) is 0. The normalized spacial score (nSPS) is 13.4. The third-order valence-electron chi connectivity index (χ3n) is 6.08. The molecule has 0 saturated heterocycles. The van der Waals surface area contributed by atoms with Crippen LogP contribution in [0.3, 0.4) is 0 Å². The van der Waals surface area contributed by atoms with E-state index in [9.17, 15) is 13.2 Å². The van der Waals surface area contributed by atoms with E-state index in [4.69, 9.17) is 9.90 Å². The first-order valence-corrected chi connectivity index (χ1v) is 12.3. The molecule has 0 unspecified atom stereocenters. The SMILES string of the molecule is CC(C)c1cccc(C(C)C)c1N1C=CN(c2c(C(C)C)cccc2C(C)C)[CH-]1.O=C(O)C(F)(F)F.[Au+]. The molecule has 0 atom stereocenters. The topological polar surface area (TPSA) is 43.8 Å². The van der Waals surface area contributed by atoms with Crippen molar-refractivity contribution in [1.29, 1.82) is 0 Å². The van der Waals surface area contributed by atoms with E-state index < -0.39 is 12.1 Å². The molecule has 0 amide bonds. The third kappa shape index (κ3) is 8.13. The Kier molecular flexibility index (Phi) is 12.0. The van der Waals surface area contributed by atoms with Crippen LogP contribution in [-0.2, 0) is 27.2 Å². The number of alkyl halides is 3. The predicted molar refractivity (Wildman–Crippen MR) is 141 cm³/mol. The van der Waals surface area contributed by atoms with Crippen LogP contribution in [0, 0.1) is 6.67 Å². The minimum atomic E-state index is -5.08. The number of rotatable bonds is 6. The zero-order chi connectivity index (χ0) is 27.4. The fourth-order valence-corrected chi connectivity index (χ4v) is 4.24. The van der Waals surface area contributed by atoms with E-state index in [1.165, 1.54) is 33.6 Å². The molecule has 8 heteroatoms. The van der Waals surface area contributed by atoms with Gasteiger partial charge in [-0.25, -0.2) is 4.79 Å². The summed E-state index contributed by atoms with van der Waals surface area (Å²) < 4.78 is 31.7. The maximum Gasteiger partial charge on any atom is 1.00 e. The van der Waals surface area contributed by atoms with Gasteiger partial charge in [-0.2, -0.15) is 13.2 Å². The number of hydrogen-bond donors (Lipinski definition) is 1. The molecule has 0 aliphatic carbocycles. The van der Waals surface area contributed by atoms with Crippen molar-refractivity contribution >= 4 is 17.3 Å². The maximum atomic E-state index is 10.6. The molecule has 208 valence electrons. The van der Waals surface area contributed by atoms with Crippen molar-refractivity contribution in [2.45, 2.75) is 85.2 Å². The number of anilines is 2. The van der Waals surface area contributed by atoms with Gasteiger partial charge in [0.05, 0.1) is 0 Å². The molecule has 1 heterocycles. The fraction of sp³-hybridized carbons (Fsp3) is 0.448. The molecule has 0 saturated carbocycles. The summed E-state index contributed by atoms with van der Waals surface area (Å²) in [4.78, 5) is 13.5. The van der Waals surface area contributed by atoms with Crippen molar-refractivity contribution in [2.24, 2.45) is 0 Å². The van der Waals surface area contributed by atoms with Crippen molar-refractivity contribution in [3.63, 3.8) is 0 Å². The van der Waals surface area contributed by atoms with E-state index in [0.29, 0.717) is 23.7 Å². The van der Waals surface area contributed by atoms with Crippen LogP contribution in [0.4, 0.5) is 24.5 Å². The first-order valence-electron chi connectivity index (χ1n) is 12.3. The molecule has 1 aliphatic heterocycles. The van der Waals surface area contributed by atoms with E-state index >= 15 is 0 Å². The van der Waals surface area contributed by atoms with Gasteiger partial charge in [0, 0.05) is 11.4 Å². The molecule has 3 rings (SSSR count). The van der Waals surface area contributed by atoms with Gasteiger partial charge in [0.25, 0.3) is 0 Å². The van der Waals surface area contributed by atoms with Crippen LogP contribution in [0.15, 0.2) is 48.8 Å². The van der Waals surface area contributed by atoms with Crippen molar-refractivity contribution in [1.82, 2.24) is 0 Å². The minimum Gasteiger partial charge on any atom is -0.479 e. The van der Waals surface area contributed by atoms with E-state index in [1.807, 2.05) is 0 Å². The number of nitrogens with zero attached hydrogens (tertiary/aromatic N) is 2. The number of aliphatic carboxylic acids is 1. The van der Waals surface area contributed by atoms with Gasteiger partial charge >= 0.3 is 34.5 Å². The second-order valence-corrected chi connectivity index (χ2v) is 10.2. The van der Waals surface area contributed by atoms with Gasteiger partial charge < -0.3 is 14.9 Å². The number of halogens is 3. The van der Waals surface area contributed by atoms with Gasteiger partial charge in [-0.05, 0) is 58.3 Å². The monoisotopic (exact) mass is 700 g/mol. The standard InChI is InChI=1S/C27H37N2.C2HF3O2.Au/c1-18(2)22-11-9-12-23(19(3)4)26(22)28-15-16-29(17-28)27-24(20(5)6)13-10-14-25(27)21(7)8;3-2(4,5)1(6)7;/h9-21H,1-8H3;(H,6,7);/q-1;;+1. The summed E-state index contributed by atoms with van der Waals surface area (Å²) in [5, 5.41) is 7.12. The average Bonchev–Trinajstić information content (AvgIpc) is 3.27. The molecule has 4 nitrogen and oxygen atoms in total. The Morgan fingerprint density at radius 3 is 1.14 bits per heavy atom.